The van der Waals surface area contributed by atoms with Crippen LogP contribution in [0.3, 0.4) is 0 Å². The third-order valence-electron chi connectivity index (χ3n) is 2.53. The number of aliphatic hydroxyl groups is 1. The number of nitrogens with zero attached hydrogens (tertiary/aromatic N) is 1. The number of amides is 2. The number of aromatic amines is 1. The molecule has 0 bridgehead atoms. The molecule has 2 rings (SSSR count). The van der Waals surface area contributed by atoms with Gasteiger partial charge in [-0.3, -0.25) is 14.7 Å². The number of carbonyl (C=O) groups is 2. The Kier molecular flexibility index (Phi) is 4.09. The number of benzene rings is 1. The standard InChI is InChI=1S/C12H14N4O3/c17-5-1-4-13-11(18)12(19)15-9-3-2-8-7-14-16-10(8)6-9/h2-3,6-7,17H,1,4-5H2,(H,13,18)(H,14,16)(H,15,19). The number of hydrogen-bond donors (Lipinski definition) is 4. The third-order valence-corrected chi connectivity index (χ3v) is 2.53. The van der Waals surface area contributed by atoms with E-state index in [4.69, 9.17) is 5.11 Å². The van der Waals surface area contributed by atoms with E-state index in [2.05, 4.69) is 20.8 Å². The van der Waals surface area contributed by atoms with Crippen molar-refractivity contribution in [2.75, 3.05) is 18.5 Å². The van der Waals surface area contributed by atoms with Crippen molar-refractivity contribution in [3.8, 4) is 0 Å². The molecular formula is C12H14N4O3. The van der Waals surface area contributed by atoms with Crippen LogP contribution in [0.25, 0.3) is 10.9 Å². The highest BCUT2D eigenvalue weighted by atomic mass is 16.3. The van der Waals surface area contributed by atoms with Crippen molar-refractivity contribution in [3.63, 3.8) is 0 Å². The van der Waals surface area contributed by atoms with E-state index < -0.39 is 11.8 Å². The molecule has 0 aliphatic rings. The number of aromatic nitrogens is 2. The highest BCUT2D eigenvalue weighted by Crippen LogP contribution is 2.16. The summed E-state index contributed by atoms with van der Waals surface area (Å²) in [7, 11) is 0. The van der Waals surface area contributed by atoms with Gasteiger partial charge in [-0.25, -0.2) is 0 Å². The van der Waals surface area contributed by atoms with E-state index in [0.717, 1.165) is 10.9 Å². The first kappa shape index (κ1) is 13.0. The van der Waals surface area contributed by atoms with E-state index in [1.807, 2.05) is 0 Å². The fourth-order valence-electron chi connectivity index (χ4n) is 1.56. The maximum atomic E-state index is 11.6. The number of rotatable bonds is 4. The van der Waals surface area contributed by atoms with E-state index >= 15 is 0 Å². The van der Waals surface area contributed by atoms with Gasteiger partial charge in [0, 0.05) is 24.2 Å². The molecule has 4 N–H and O–H groups in total. The minimum Gasteiger partial charge on any atom is -0.396 e. The van der Waals surface area contributed by atoms with Crippen molar-refractivity contribution in [2.45, 2.75) is 6.42 Å². The SMILES string of the molecule is O=C(NCCCO)C(=O)Nc1ccc2cn[nH]c2c1. The Balaban J connectivity index is 1.95. The summed E-state index contributed by atoms with van der Waals surface area (Å²) in [5.74, 6) is -1.46. The zero-order valence-corrected chi connectivity index (χ0v) is 10.1. The molecule has 0 saturated heterocycles. The second-order valence-corrected chi connectivity index (χ2v) is 3.96. The first-order valence-corrected chi connectivity index (χ1v) is 5.84. The van der Waals surface area contributed by atoms with Gasteiger partial charge >= 0.3 is 11.8 Å². The van der Waals surface area contributed by atoms with E-state index in [9.17, 15) is 9.59 Å². The number of fused-ring (bicyclic) bond motifs is 1. The molecule has 1 aromatic heterocycles. The van der Waals surface area contributed by atoms with Crippen LogP contribution in [0.15, 0.2) is 24.4 Å². The van der Waals surface area contributed by atoms with E-state index in [1.165, 1.54) is 0 Å². The van der Waals surface area contributed by atoms with Crippen molar-refractivity contribution in [3.05, 3.63) is 24.4 Å². The highest BCUT2D eigenvalue weighted by molar-refractivity contribution is 6.39. The lowest BCUT2D eigenvalue weighted by Gasteiger charge is -2.05. The second-order valence-electron chi connectivity index (χ2n) is 3.96. The monoisotopic (exact) mass is 262 g/mol. The van der Waals surface area contributed by atoms with Crippen molar-refractivity contribution in [2.24, 2.45) is 0 Å². The predicted octanol–water partition coefficient (Wildman–Crippen LogP) is -0.000000000000000167. The topological polar surface area (TPSA) is 107 Å². The summed E-state index contributed by atoms with van der Waals surface area (Å²) < 4.78 is 0. The summed E-state index contributed by atoms with van der Waals surface area (Å²) in [6, 6.07) is 5.18. The fraction of sp³-hybridized carbons (Fsp3) is 0.250. The van der Waals surface area contributed by atoms with Gasteiger partial charge in [-0.2, -0.15) is 5.10 Å². The van der Waals surface area contributed by atoms with Crippen LogP contribution in [-0.4, -0.2) is 40.3 Å². The summed E-state index contributed by atoms with van der Waals surface area (Å²) in [4.78, 5) is 23.0. The number of carbonyl (C=O) groups excluding carboxylic acids is 2. The first-order valence-electron chi connectivity index (χ1n) is 5.84. The van der Waals surface area contributed by atoms with E-state index in [1.54, 1.807) is 24.4 Å². The number of hydrogen-bond acceptors (Lipinski definition) is 4. The minimum absolute atomic E-state index is 0.0294. The highest BCUT2D eigenvalue weighted by Gasteiger charge is 2.13. The molecule has 2 aromatic rings. The van der Waals surface area contributed by atoms with Crippen LogP contribution in [0.4, 0.5) is 5.69 Å². The molecule has 0 saturated carbocycles. The van der Waals surface area contributed by atoms with Gasteiger partial charge in [0.1, 0.15) is 0 Å². The van der Waals surface area contributed by atoms with Crippen LogP contribution < -0.4 is 10.6 Å². The molecule has 19 heavy (non-hydrogen) atoms. The Bertz CT molecular complexity index is 593. The lowest BCUT2D eigenvalue weighted by Crippen LogP contribution is -2.36. The molecule has 100 valence electrons. The van der Waals surface area contributed by atoms with Gasteiger partial charge in [-0.15, -0.1) is 0 Å². The number of anilines is 1. The van der Waals surface area contributed by atoms with Gasteiger partial charge in [0.15, 0.2) is 0 Å². The summed E-state index contributed by atoms with van der Waals surface area (Å²) in [6.07, 6.45) is 2.08. The molecule has 0 fully saturated rings. The van der Waals surface area contributed by atoms with Crippen LogP contribution in [0.2, 0.25) is 0 Å². The fourth-order valence-corrected chi connectivity index (χ4v) is 1.56. The van der Waals surface area contributed by atoms with Gasteiger partial charge in [-0.05, 0) is 24.6 Å². The van der Waals surface area contributed by atoms with Gasteiger partial charge in [0.25, 0.3) is 0 Å². The Morgan fingerprint density at radius 2 is 2.16 bits per heavy atom. The molecule has 7 heteroatoms. The predicted molar refractivity (Wildman–Crippen MR) is 69.4 cm³/mol. The van der Waals surface area contributed by atoms with Gasteiger partial charge in [0.05, 0.1) is 11.7 Å². The average molecular weight is 262 g/mol. The van der Waals surface area contributed by atoms with Crippen molar-refractivity contribution in [1.29, 1.82) is 0 Å². The van der Waals surface area contributed by atoms with Crippen LogP contribution in [0.1, 0.15) is 6.42 Å². The molecular weight excluding hydrogens is 248 g/mol. The van der Waals surface area contributed by atoms with Gasteiger partial charge in [-0.1, -0.05) is 0 Å². The molecule has 0 unspecified atom stereocenters. The first-order chi connectivity index (χ1) is 9.20. The Hall–Kier alpha value is -2.41. The van der Waals surface area contributed by atoms with Gasteiger partial charge < -0.3 is 15.7 Å². The molecule has 0 radical (unpaired) electrons. The molecule has 0 atom stereocenters. The van der Waals surface area contributed by atoms with Crippen LogP contribution in [0.5, 0.6) is 0 Å². The largest absolute Gasteiger partial charge is 0.396 e. The van der Waals surface area contributed by atoms with Crippen LogP contribution in [-0.2, 0) is 9.59 Å². The molecule has 1 aromatic carbocycles. The quantitative estimate of drug-likeness (QED) is 0.459. The van der Waals surface area contributed by atoms with Crippen molar-refractivity contribution >= 4 is 28.4 Å². The molecule has 0 spiro atoms. The lowest BCUT2D eigenvalue weighted by molar-refractivity contribution is -0.136. The van der Waals surface area contributed by atoms with E-state index in [-0.39, 0.29) is 13.2 Å². The maximum absolute atomic E-state index is 11.6. The minimum atomic E-state index is -0.739. The zero-order chi connectivity index (χ0) is 13.7. The summed E-state index contributed by atoms with van der Waals surface area (Å²) in [6.45, 7) is 0.237. The third kappa shape index (κ3) is 3.29. The summed E-state index contributed by atoms with van der Waals surface area (Å²) >= 11 is 0. The normalized spacial score (nSPS) is 10.4. The number of nitrogens with one attached hydrogen (secondary N) is 3. The van der Waals surface area contributed by atoms with Crippen LogP contribution >= 0.6 is 0 Å². The second kappa shape index (κ2) is 5.96. The maximum Gasteiger partial charge on any atom is 0.313 e. The molecule has 2 amide bonds. The molecule has 7 nitrogen and oxygen atoms in total. The van der Waals surface area contributed by atoms with Gasteiger partial charge in [0.2, 0.25) is 0 Å². The van der Waals surface area contributed by atoms with Crippen molar-refractivity contribution < 1.29 is 14.7 Å². The molecule has 0 aliphatic carbocycles. The number of aliphatic hydroxyl groups excluding tert-OH is 1. The van der Waals surface area contributed by atoms with Crippen LogP contribution in [0, 0.1) is 0 Å². The molecule has 0 aliphatic heterocycles. The smallest absolute Gasteiger partial charge is 0.313 e. The average Bonchev–Trinajstić information content (AvgIpc) is 2.86. The summed E-state index contributed by atoms with van der Waals surface area (Å²) in [5, 5.41) is 21.0. The van der Waals surface area contributed by atoms with E-state index in [0.29, 0.717) is 12.1 Å². The Morgan fingerprint density at radius 1 is 1.32 bits per heavy atom. The molecule has 1 heterocycles. The Morgan fingerprint density at radius 3 is 2.95 bits per heavy atom. The summed E-state index contributed by atoms with van der Waals surface area (Å²) in [5.41, 5.74) is 1.29. The van der Waals surface area contributed by atoms with Crippen molar-refractivity contribution in [1.82, 2.24) is 15.5 Å². The lowest BCUT2D eigenvalue weighted by atomic mass is 10.2. The zero-order valence-electron chi connectivity index (χ0n) is 10.1. The Labute approximate surface area is 109 Å². The number of H-pyrrole nitrogens is 1.